The zero-order valence-electron chi connectivity index (χ0n) is 15.1. The molecule has 1 aromatic heterocycles. The van der Waals surface area contributed by atoms with Crippen LogP contribution >= 0.6 is 24.0 Å². The van der Waals surface area contributed by atoms with Crippen molar-refractivity contribution in [2.45, 2.75) is 52.6 Å². The van der Waals surface area contributed by atoms with E-state index in [4.69, 9.17) is 5.73 Å². The van der Waals surface area contributed by atoms with Gasteiger partial charge in [-0.1, -0.05) is 38.8 Å². The number of aliphatic imine (C=N–C) groups is 1. The molecule has 0 aliphatic carbocycles. The molecule has 0 aliphatic rings. The summed E-state index contributed by atoms with van der Waals surface area (Å²) in [5.41, 5.74) is 8.11. The van der Waals surface area contributed by atoms with Crippen LogP contribution in [0.2, 0.25) is 0 Å². The van der Waals surface area contributed by atoms with E-state index in [0.29, 0.717) is 18.5 Å². The van der Waals surface area contributed by atoms with Crippen LogP contribution in [0.5, 0.6) is 0 Å². The highest BCUT2D eigenvalue weighted by Gasteiger charge is 2.07. The minimum absolute atomic E-state index is 0. The number of para-hydroxylation sites is 2. The zero-order valence-corrected chi connectivity index (χ0v) is 17.5. The lowest BCUT2D eigenvalue weighted by atomic mass is 10.0. The number of hydrogen-bond donors (Lipinski definition) is 2. The van der Waals surface area contributed by atoms with Crippen molar-refractivity contribution in [2.24, 2.45) is 23.7 Å². The van der Waals surface area contributed by atoms with E-state index in [-0.39, 0.29) is 24.0 Å². The zero-order chi connectivity index (χ0) is 16.8. The number of nitrogens with two attached hydrogens (primary N) is 1. The van der Waals surface area contributed by atoms with Crippen molar-refractivity contribution < 1.29 is 0 Å². The maximum absolute atomic E-state index is 6.00. The van der Waals surface area contributed by atoms with Crippen LogP contribution in [-0.2, 0) is 13.6 Å². The fourth-order valence-electron chi connectivity index (χ4n) is 2.70. The number of guanidine groups is 1. The summed E-state index contributed by atoms with van der Waals surface area (Å²) in [6, 6.07) is 8.44. The number of fused-ring (bicyclic) bond motifs is 1. The highest BCUT2D eigenvalue weighted by Crippen LogP contribution is 2.14. The number of hydrogen-bond acceptors (Lipinski definition) is 2. The molecule has 5 nitrogen and oxygen atoms in total. The highest BCUT2D eigenvalue weighted by atomic mass is 127. The van der Waals surface area contributed by atoms with Crippen molar-refractivity contribution in [3.05, 3.63) is 30.1 Å². The predicted molar refractivity (Wildman–Crippen MR) is 113 cm³/mol. The van der Waals surface area contributed by atoms with Crippen LogP contribution < -0.4 is 11.1 Å². The predicted octanol–water partition coefficient (Wildman–Crippen LogP) is 3.81. The number of nitrogens with zero attached hydrogens (tertiary/aromatic N) is 3. The summed E-state index contributed by atoms with van der Waals surface area (Å²) in [5.74, 6) is 2.17. The summed E-state index contributed by atoms with van der Waals surface area (Å²) in [6.45, 7) is 7.15. The molecule has 1 unspecified atom stereocenters. The Labute approximate surface area is 162 Å². The summed E-state index contributed by atoms with van der Waals surface area (Å²) in [7, 11) is 2.01. The maximum atomic E-state index is 6.00. The van der Waals surface area contributed by atoms with Crippen LogP contribution in [0.3, 0.4) is 0 Å². The highest BCUT2D eigenvalue weighted by molar-refractivity contribution is 14.0. The third-order valence-corrected chi connectivity index (χ3v) is 4.08. The van der Waals surface area contributed by atoms with Crippen LogP contribution in [0.15, 0.2) is 29.3 Å². The van der Waals surface area contributed by atoms with Crippen molar-refractivity contribution in [3.63, 3.8) is 0 Å². The molecule has 0 saturated heterocycles. The lowest BCUT2D eigenvalue weighted by Gasteiger charge is -2.15. The van der Waals surface area contributed by atoms with Gasteiger partial charge in [0.1, 0.15) is 12.4 Å². The van der Waals surface area contributed by atoms with Gasteiger partial charge in [-0.2, -0.15) is 0 Å². The molecule has 0 amide bonds. The van der Waals surface area contributed by atoms with E-state index in [1.54, 1.807) is 0 Å². The topological polar surface area (TPSA) is 68.2 Å². The molecule has 0 saturated carbocycles. The van der Waals surface area contributed by atoms with E-state index in [9.17, 15) is 0 Å². The minimum Gasteiger partial charge on any atom is -0.370 e. The number of halogens is 1. The van der Waals surface area contributed by atoms with Gasteiger partial charge in [0.15, 0.2) is 5.96 Å². The molecule has 24 heavy (non-hydrogen) atoms. The molecule has 0 aliphatic heterocycles. The van der Waals surface area contributed by atoms with Crippen LogP contribution in [0.1, 0.15) is 45.9 Å². The first kappa shape index (κ1) is 20.7. The summed E-state index contributed by atoms with van der Waals surface area (Å²) in [6.07, 6.45) is 3.58. The molecular formula is C18H30IN5. The monoisotopic (exact) mass is 443 g/mol. The van der Waals surface area contributed by atoms with Gasteiger partial charge in [0.2, 0.25) is 0 Å². The van der Waals surface area contributed by atoms with Gasteiger partial charge in [0, 0.05) is 13.1 Å². The van der Waals surface area contributed by atoms with Crippen LogP contribution in [0.4, 0.5) is 0 Å². The first-order valence-electron chi connectivity index (χ1n) is 8.44. The largest absolute Gasteiger partial charge is 0.370 e. The summed E-state index contributed by atoms with van der Waals surface area (Å²) < 4.78 is 2.07. The third kappa shape index (κ3) is 5.96. The molecule has 6 heteroatoms. The number of nitrogens with one attached hydrogen (secondary N) is 1. The molecule has 1 atom stereocenters. The Hall–Kier alpha value is -1.31. The molecule has 0 spiro atoms. The summed E-state index contributed by atoms with van der Waals surface area (Å²) in [4.78, 5) is 9.04. The van der Waals surface area contributed by atoms with E-state index in [0.717, 1.165) is 29.2 Å². The van der Waals surface area contributed by atoms with Crippen molar-refractivity contribution in [2.75, 3.05) is 0 Å². The number of aromatic nitrogens is 2. The second-order valence-electron chi connectivity index (χ2n) is 6.65. The normalized spacial score (nSPS) is 13.1. The van der Waals surface area contributed by atoms with Gasteiger partial charge in [-0.3, -0.25) is 0 Å². The van der Waals surface area contributed by atoms with E-state index in [1.807, 2.05) is 25.2 Å². The van der Waals surface area contributed by atoms with Crippen molar-refractivity contribution >= 4 is 41.0 Å². The van der Waals surface area contributed by atoms with Gasteiger partial charge < -0.3 is 15.6 Å². The molecule has 1 heterocycles. The molecule has 1 aromatic carbocycles. The van der Waals surface area contributed by atoms with Gasteiger partial charge in [0.25, 0.3) is 0 Å². The molecule has 3 N–H and O–H groups in total. The average molecular weight is 443 g/mol. The van der Waals surface area contributed by atoms with E-state index >= 15 is 0 Å². The van der Waals surface area contributed by atoms with E-state index < -0.39 is 0 Å². The fraction of sp³-hybridized carbons (Fsp3) is 0.556. The van der Waals surface area contributed by atoms with Gasteiger partial charge in [0.05, 0.1) is 11.0 Å². The number of aryl methyl sites for hydroxylation is 1. The minimum atomic E-state index is 0. The van der Waals surface area contributed by atoms with Gasteiger partial charge in [-0.15, -0.1) is 24.0 Å². The van der Waals surface area contributed by atoms with Gasteiger partial charge in [-0.25, -0.2) is 9.98 Å². The lowest BCUT2D eigenvalue weighted by molar-refractivity contribution is 0.493. The number of rotatable bonds is 7. The quantitative estimate of drug-likeness (QED) is 0.389. The lowest BCUT2D eigenvalue weighted by Crippen LogP contribution is -2.38. The van der Waals surface area contributed by atoms with Crippen molar-refractivity contribution in [1.29, 1.82) is 0 Å². The van der Waals surface area contributed by atoms with Gasteiger partial charge in [-0.05, 0) is 31.4 Å². The maximum Gasteiger partial charge on any atom is 0.189 e. The van der Waals surface area contributed by atoms with Crippen molar-refractivity contribution in [1.82, 2.24) is 14.9 Å². The Balaban J connectivity index is 0.00000288. The smallest absolute Gasteiger partial charge is 0.189 e. The molecule has 0 radical (unpaired) electrons. The first-order valence-corrected chi connectivity index (χ1v) is 8.44. The van der Waals surface area contributed by atoms with Crippen molar-refractivity contribution in [3.8, 4) is 0 Å². The van der Waals surface area contributed by atoms with Crippen LogP contribution in [0, 0.1) is 5.92 Å². The third-order valence-electron chi connectivity index (χ3n) is 4.08. The molecular weight excluding hydrogens is 413 g/mol. The second kappa shape index (κ2) is 9.86. The van der Waals surface area contributed by atoms with Gasteiger partial charge >= 0.3 is 0 Å². The first-order chi connectivity index (χ1) is 11.0. The molecule has 0 bridgehead atoms. The standard InChI is InChI=1S/C18H29N5.HI/c1-13(2)8-7-9-14(3)21-18(19)20-12-17-22-15-10-5-6-11-16(15)23(17)4;/h5-6,10-11,13-14H,7-9,12H2,1-4H3,(H3,19,20,21);1H. The number of benzene rings is 1. The Morgan fingerprint density at radius 2 is 1.96 bits per heavy atom. The molecule has 134 valence electrons. The molecule has 2 aromatic rings. The van der Waals surface area contributed by atoms with Crippen LogP contribution in [-0.4, -0.2) is 21.6 Å². The average Bonchev–Trinajstić information content (AvgIpc) is 2.82. The van der Waals surface area contributed by atoms with E-state index in [1.165, 1.54) is 12.8 Å². The SMILES string of the molecule is CC(C)CCCC(C)NC(N)=NCc1nc2ccccc2n1C.I. The molecule has 2 rings (SSSR count). The van der Waals surface area contributed by atoms with E-state index in [2.05, 4.69) is 46.7 Å². The Kier molecular flexibility index (Phi) is 8.52. The molecule has 0 fully saturated rings. The Morgan fingerprint density at radius 1 is 1.25 bits per heavy atom. The summed E-state index contributed by atoms with van der Waals surface area (Å²) in [5, 5.41) is 3.27. The number of imidazole rings is 1. The summed E-state index contributed by atoms with van der Waals surface area (Å²) >= 11 is 0. The fourth-order valence-corrected chi connectivity index (χ4v) is 2.70. The van der Waals surface area contributed by atoms with Crippen LogP contribution in [0.25, 0.3) is 11.0 Å². The Morgan fingerprint density at radius 3 is 2.62 bits per heavy atom. The Bertz CT molecular complexity index is 662. The second-order valence-corrected chi connectivity index (χ2v) is 6.65.